The maximum Gasteiger partial charge on any atom is 0.301 e. The van der Waals surface area contributed by atoms with Gasteiger partial charge in [-0.15, -0.1) is 0 Å². The van der Waals surface area contributed by atoms with Gasteiger partial charge in [0.25, 0.3) is 0 Å². The molecule has 0 saturated heterocycles. The van der Waals surface area contributed by atoms with Gasteiger partial charge in [-0.1, -0.05) is 0 Å². The third-order valence-corrected chi connectivity index (χ3v) is 2.38. The average molecular weight is 203 g/mol. The van der Waals surface area contributed by atoms with Gasteiger partial charge in [-0.2, -0.15) is 0 Å². The number of pyridine rings is 1. The van der Waals surface area contributed by atoms with E-state index in [4.69, 9.17) is 0 Å². The van der Waals surface area contributed by atoms with Gasteiger partial charge >= 0.3 is 4.60 Å². The summed E-state index contributed by atoms with van der Waals surface area (Å²) in [6.07, 6.45) is 0. The van der Waals surface area contributed by atoms with Crippen LogP contribution in [0.4, 0.5) is 0 Å². The van der Waals surface area contributed by atoms with Crippen LogP contribution in [0.3, 0.4) is 0 Å². The lowest BCUT2D eigenvalue weighted by atomic mass is 10.3. The van der Waals surface area contributed by atoms with E-state index in [0.29, 0.717) is 4.60 Å². The van der Waals surface area contributed by atoms with Crippen molar-refractivity contribution in [3.05, 3.63) is 28.0 Å². The van der Waals surface area contributed by atoms with Gasteiger partial charge in [0.2, 0.25) is 5.69 Å². The number of halogens is 1. The van der Waals surface area contributed by atoms with Crippen molar-refractivity contribution < 1.29 is 9.94 Å². The molecule has 1 N–H and O–H groups in total. The van der Waals surface area contributed by atoms with E-state index in [1.165, 1.54) is 0 Å². The molecular formula is C7H9BrNO+. The Hall–Kier alpha value is -0.570. The van der Waals surface area contributed by atoms with Crippen molar-refractivity contribution in [2.75, 3.05) is 0 Å². The molecule has 1 aromatic heterocycles. The molecule has 0 aliphatic heterocycles. The summed E-state index contributed by atoms with van der Waals surface area (Å²) >= 11 is 3.24. The fourth-order valence-electron chi connectivity index (χ4n) is 0.707. The molecule has 1 heterocycles. The highest BCUT2D eigenvalue weighted by Crippen LogP contribution is 2.09. The minimum absolute atomic E-state index is 0.715. The van der Waals surface area contributed by atoms with Gasteiger partial charge in [0.05, 0.1) is 0 Å². The monoisotopic (exact) mass is 202 g/mol. The Morgan fingerprint density at radius 2 is 2.00 bits per heavy atom. The minimum atomic E-state index is 0.715. The topological polar surface area (TPSA) is 24.1 Å². The SMILES string of the molecule is Cc1ccc(C)[n+](O)c1Br. The van der Waals surface area contributed by atoms with Crippen molar-refractivity contribution in [1.82, 2.24) is 0 Å². The van der Waals surface area contributed by atoms with Crippen LogP contribution in [0, 0.1) is 13.8 Å². The van der Waals surface area contributed by atoms with Crippen LogP contribution in [-0.2, 0) is 0 Å². The van der Waals surface area contributed by atoms with E-state index < -0.39 is 0 Å². The second kappa shape index (κ2) is 2.58. The van der Waals surface area contributed by atoms with Gasteiger partial charge in [0.1, 0.15) is 0 Å². The highest BCUT2D eigenvalue weighted by atomic mass is 79.9. The fraction of sp³-hybridized carbons (Fsp3) is 0.286. The molecule has 0 radical (unpaired) electrons. The Morgan fingerprint density at radius 1 is 1.40 bits per heavy atom. The summed E-state index contributed by atoms with van der Waals surface area (Å²) < 4.78 is 1.84. The highest BCUT2D eigenvalue weighted by Gasteiger charge is 2.12. The zero-order valence-electron chi connectivity index (χ0n) is 5.93. The molecule has 0 amide bonds. The van der Waals surface area contributed by atoms with Gasteiger partial charge in [-0.25, -0.2) is 0 Å². The summed E-state index contributed by atoms with van der Waals surface area (Å²) in [5, 5.41) is 9.26. The van der Waals surface area contributed by atoms with E-state index in [9.17, 15) is 5.21 Å². The zero-order chi connectivity index (χ0) is 7.72. The van der Waals surface area contributed by atoms with Crippen LogP contribution in [-0.4, -0.2) is 5.21 Å². The molecule has 0 aliphatic carbocycles. The zero-order valence-corrected chi connectivity index (χ0v) is 7.51. The number of nitrogens with zero attached hydrogens (tertiary/aromatic N) is 1. The molecule has 0 fully saturated rings. The third-order valence-electron chi connectivity index (χ3n) is 1.42. The van der Waals surface area contributed by atoms with Crippen molar-refractivity contribution in [1.29, 1.82) is 0 Å². The molecule has 0 atom stereocenters. The Balaban J connectivity index is 3.34. The summed E-state index contributed by atoms with van der Waals surface area (Å²) in [6, 6.07) is 3.81. The number of hydrogen-bond acceptors (Lipinski definition) is 1. The summed E-state index contributed by atoms with van der Waals surface area (Å²) in [4.78, 5) is 0. The number of aryl methyl sites for hydroxylation is 2. The molecule has 0 aromatic carbocycles. The third kappa shape index (κ3) is 1.14. The average Bonchev–Trinajstić information content (AvgIpc) is 1.93. The second-order valence-corrected chi connectivity index (χ2v) is 3.01. The van der Waals surface area contributed by atoms with E-state index in [1.54, 1.807) is 0 Å². The van der Waals surface area contributed by atoms with Crippen LogP contribution < -0.4 is 4.73 Å². The molecule has 2 nitrogen and oxygen atoms in total. The van der Waals surface area contributed by atoms with E-state index in [-0.39, 0.29) is 0 Å². The molecule has 1 rings (SSSR count). The van der Waals surface area contributed by atoms with Crippen molar-refractivity contribution in [3.8, 4) is 0 Å². The Bertz CT molecular complexity index is 233. The van der Waals surface area contributed by atoms with Crippen LogP contribution >= 0.6 is 15.9 Å². The Labute approximate surface area is 68.2 Å². The molecule has 0 aliphatic rings. The predicted molar refractivity (Wildman–Crippen MR) is 41.0 cm³/mol. The van der Waals surface area contributed by atoms with Gasteiger partial charge in [-0.05, 0) is 13.0 Å². The van der Waals surface area contributed by atoms with Crippen LogP contribution in [0.2, 0.25) is 0 Å². The van der Waals surface area contributed by atoms with Crippen LogP contribution in [0.1, 0.15) is 11.3 Å². The molecule has 0 bridgehead atoms. The summed E-state index contributed by atoms with van der Waals surface area (Å²) in [5.74, 6) is 0. The van der Waals surface area contributed by atoms with Gasteiger partial charge < -0.3 is 0 Å². The molecule has 10 heavy (non-hydrogen) atoms. The lowest BCUT2D eigenvalue weighted by Crippen LogP contribution is -2.35. The fourth-order valence-corrected chi connectivity index (χ4v) is 1.12. The number of aromatic nitrogens is 1. The minimum Gasteiger partial charge on any atom is -0.284 e. The summed E-state index contributed by atoms with van der Waals surface area (Å²) in [5.41, 5.74) is 1.84. The maximum absolute atomic E-state index is 9.26. The first-order chi connectivity index (χ1) is 4.63. The quantitative estimate of drug-likeness (QED) is 0.386. The lowest BCUT2D eigenvalue weighted by molar-refractivity contribution is -0.917. The van der Waals surface area contributed by atoms with E-state index in [1.807, 2.05) is 26.0 Å². The Morgan fingerprint density at radius 3 is 2.50 bits per heavy atom. The standard InChI is InChI=1S/C7H9BrNO/c1-5-3-4-6(2)9(10)7(5)8/h3-4,10H,1-2H3/q+1. The van der Waals surface area contributed by atoms with E-state index >= 15 is 0 Å². The van der Waals surface area contributed by atoms with Crippen LogP contribution in [0.25, 0.3) is 0 Å². The lowest BCUT2D eigenvalue weighted by Gasteiger charge is -1.93. The van der Waals surface area contributed by atoms with Crippen molar-refractivity contribution >= 4 is 15.9 Å². The molecule has 54 valence electrons. The highest BCUT2D eigenvalue weighted by molar-refractivity contribution is 9.10. The van der Waals surface area contributed by atoms with Crippen LogP contribution in [0.5, 0.6) is 0 Å². The first kappa shape index (κ1) is 7.54. The second-order valence-electron chi connectivity index (χ2n) is 2.26. The van der Waals surface area contributed by atoms with Gasteiger partial charge in [0.15, 0.2) is 0 Å². The van der Waals surface area contributed by atoms with Crippen molar-refractivity contribution in [2.24, 2.45) is 0 Å². The van der Waals surface area contributed by atoms with Crippen molar-refractivity contribution in [3.63, 3.8) is 0 Å². The number of hydrogen-bond donors (Lipinski definition) is 1. The van der Waals surface area contributed by atoms with Gasteiger partial charge in [0, 0.05) is 39.2 Å². The van der Waals surface area contributed by atoms with E-state index in [2.05, 4.69) is 15.9 Å². The normalized spacial score (nSPS) is 9.90. The maximum atomic E-state index is 9.26. The predicted octanol–water partition coefficient (Wildman–Crippen LogP) is 1.59. The van der Waals surface area contributed by atoms with Crippen LogP contribution in [0.15, 0.2) is 16.7 Å². The first-order valence-corrected chi connectivity index (χ1v) is 3.79. The Kier molecular flexibility index (Phi) is 1.94. The van der Waals surface area contributed by atoms with E-state index in [0.717, 1.165) is 16.0 Å². The van der Waals surface area contributed by atoms with Crippen molar-refractivity contribution in [2.45, 2.75) is 13.8 Å². The molecular weight excluding hydrogens is 194 g/mol. The molecule has 0 spiro atoms. The smallest absolute Gasteiger partial charge is 0.284 e. The molecule has 1 aromatic rings. The molecule has 0 saturated carbocycles. The van der Waals surface area contributed by atoms with Gasteiger partial charge in [-0.3, -0.25) is 5.21 Å². The first-order valence-electron chi connectivity index (χ1n) is 3.00. The molecule has 3 heteroatoms. The molecule has 0 unspecified atom stereocenters. The number of rotatable bonds is 0. The summed E-state index contributed by atoms with van der Waals surface area (Å²) in [6.45, 7) is 3.76. The summed E-state index contributed by atoms with van der Waals surface area (Å²) in [7, 11) is 0. The largest absolute Gasteiger partial charge is 0.301 e.